The summed E-state index contributed by atoms with van der Waals surface area (Å²) in [6.07, 6.45) is 2.68. The average Bonchev–Trinajstić information content (AvgIpc) is 2.54. The molecular weight excluding hydrogens is 323 g/mol. The van der Waals surface area contributed by atoms with Crippen LogP contribution in [-0.2, 0) is 0 Å². The molecule has 0 bridgehead atoms. The number of allylic oxidation sites excluding steroid dienone is 1. The van der Waals surface area contributed by atoms with E-state index < -0.39 is 5.91 Å². The number of amides is 1. The van der Waals surface area contributed by atoms with Gasteiger partial charge in [0.05, 0.1) is 10.0 Å². The summed E-state index contributed by atoms with van der Waals surface area (Å²) in [6.45, 7) is 0. The molecule has 4 nitrogen and oxygen atoms in total. The van der Waals surface area contributed by atoms with E-state index in [1.54, 1.807) is 30.3 Å². The number of hydrazine groups is 1. The molecule has 0 saturated carbocycles. The molecule has 2 aromatic rings. The van der Waals surface area contributed by atoms with Crippen molar-refractivity contribution in [3.05, 3.63) is 82.0 Å². The van der Waals surface area contributed by atoms with Crippen LogP contribution in [0.1, 0.15) is 20.7 Å². The lowest BCUT2D eigenvalue weighted by atomic mass is 10.1. The Morgan fingerprint density at radius 2 is 1.64 bits per heavy atom. The highest BCUT2D eigenvalue weighted by molar-refractivity contribution is 6.42. The first-order valence-electron chi connectivity index (χ1n) is 6.35. The van der Waals surface area contributed by atoms with E-state index in [2.05, 4.69) is 10.9 Å². The first-order chi connectivity index (χ1) is 10.6. The van der Waals surface area contributed by atoms with Crippen molar-refractivity contribution in [3.8, 4) is 0 Å². The van der Waals surface area contributed by atoms with E-state index in [1.807, 2.05) is 6.07 Å². The largest absolute Gasteiger partial charge is 0.305 e. The van der Waals surface area contributed by atoms with Crippen molar-refractivity contribution in [3.63, 3.8) is 0 Å². The Morgan fingerprint density at radius 1 is 0.909 bits per heavy atom. The summed E-state index contributed by atoms with van der Waals surface area (Å²) in [4.78, 5) is 23.6. The zero-order valence-electron chi connectivity index (χ0n) is 11.3. The number of carbonyl (C=O) groups excluding carboxylic acids is 2. The quantitative estimate of drug-likeness (QED) is 0.498. The average molecular weight is 335 g/mol. The van der Waals surface area contributed by atoms with Crippen LogP contribution in [0.3, 0.4) is 0 Å². The molecule has 2 N–H and O–H groups in total. The number of hydrogen-bond acceptors (Lipinski definition) is 3. The predicted molar refractivity (Wildman–Crippen MR) is 87.0 cm³/mol. The highest BCUT2D eigenvalue weighted by atomic mass is 35.5. The van der Waals surface area contributed by atoms with Crippen molar-refractivity contribution in [2.24, 2.45) is 0 Å². The van der Waals surface area contributed by atoms with Crippen molar-refractivity contribution < 1.29 is 9.59 Å². The normalized spacial score (nSPS) is 10.5. The standard InChI is InChI=1S/C16H12Cl2N2O2/c17-13-7-6-12(10-14(13)18)16(22)20-19-9-8-15(21)11-4-2-1-3-5-11/h1-10,19H,(H,20,22)/b9-8+. The smallest absolute Gasteiger partial charge is 0.269 e. The molecule has 0 aliphatic rings. The molecule has 22 heavy (non-hydrogen) atoms. The maximum absolute atomic E-state index is 11.8. The Hall–Kier alpha value is -2.30. The van der Waals surface area contributed by atoms with Crippen molar-refractivity contribution in [2.45, 2.75) is 0 Å². The molecule has 0 fully saturated rings. The summed E-state index contributed by atoms with van der Waals surface area (Å²) in [6, 6.07) is 13.3. The third-order valence-corrected chi connectivity index (χ3v) is 3.48. The van der Waals surface area contributed by atoms with Gasteiger partial charge in [-0.05, 0) is 18.2 Å². The fourth-order valence-corrected chi connectivity index (χ4v) is 1.93. The second kappa shape index (κ2) is 7.64. The van der Waals surface area contributed by atoms with E-state index in [4.69, 9.17) is 23.2 Å². The number of rotatable bonds is 5. The minimum absolute atomic E-state index is 0.170. The highest BCUT2D eigenvalue weighted by Gasteiger charge is 2.06. The van der Waals surface area contributed by atoms with E-state index in [1.165, 1.54) is 24.4 Å². The van der Waals surface area contributed by atoms with E-state index in [9.17, 15) is 9.59 Å². The molecular formula is C16H12Cl2N2O2. The van der Waals surface area contributed by atoms with Gasteiger partial charge in [-0.1, -0.05) is 53.5 Å². The Morgan fingerprint density at radius 3 is 2.32 bits per heavy atom. The lowest BCUT2D eigenvalue weighted by molar-refractivity contribution is 0.0939. The molecule has 0 aromatic heterocycles. The van der Waals surface area contributed by atoms with Crippen LogP contribution in [-0.4, -0.2) is 11.7 Å². The fourth-order valence-electron chi connectivity index (χ4n) is 1.63. The van der Waals surface area contributed by atoms with Crippen LogP contribution in [0, 0.1) is 0 Å². The summed E-state index contributed by atoms with van der Waals surface area (Å²) in [5, 5.41) is 0.670. The molecule has 0 aliphatic carbocycles. The molecule has 1 amide bonds. The van der Waals surface area contributed by atoms with Gasteiger partial charge < -0.3 is 5.43 Å². The van der Waals surface area contributed by atoms with Crippen molar-refractivity contribution in [1.82, 2.24) is 10.9 Å². The number of carbonyl (C=O) groups is 2. The molecule has 0 atom stereocenters. The van der Waals surface area contributed by atoms with Gasteiger partial charge in [0.2, 0.25) is 0 Å². The van der Waals surface area contributed by atoms with Gasteiger partial charge in [-0.15, -0.1) is 0 Å². The second-order valence-electron chi connectivity index (χ2n) is 4.29. The second-order valence-corrected chi connectivity index (χ2v) is 5.11. The predicted octanol–water partition coefficient (Wildman–Crippen LogP) is 3.62. The molecule has 6 heteroatoms. The number of nitrogens with one attached hydrogen (secondary N) is 2. The summed E-state index contributed by atoms with van der Waals surface area (Å²) < 4.78 is 0. The van der Waals surface area contributed by atoms with Gasteiger partial charge in [0.15, 0.2) is 5.78 Å². The Labute approximate surface area is 137 Å². The molecule has 0 heterocycles. The highest BCUT2D eigenvalue weighted by Crippen LogP contribution is 2.22. The molecule has 0 unspecified atom stereocenters. The monoisotopic (exact) mass is 334 g/mol. The van der Waals surface area contributed by atoms with Crippen LogP contribution < -0.4 is 10.9 Å². The molecule has 0 aliphatic heterocycles. The first-order valence-corrected chi connectivity index (χ1v) is 7.10. The van der Waals surface area contributed by atoms with Crippen LogP contribution in [0.2, 0.25) is 10.0 Å². The van der Waals surface area contributed by atoms with Crippen LogP contribution in [0.25, 0.3) is 0 Å². The van der Waals surface area contributed by atoms with Gasteiger partial charge in [0.25, 0.3) is 5.91 Å². The van der Waals surface area contributed by atoms with E-state index >= 15 is 0 Å². The van der Waals surface area contributed by atoms with Gasteiger partial charge in [-0.2, -0.15) is 0 Å². The molecule has 0 radical (unpaired) electrons. The zero-order valence-corrected chi connectivity index (χ0v) is 12.9. The van der Waals surface area contributed by atoms with Gasteiger partial charge in [-0.3, -0.25) is 15.0 Å². The number of halogens is 2. The minimum atomic E-state index is -0.393. The zero-order chi connectivity index (χ0) is 15.9. The Bertz CT molecular complexity index is 715. The molecule has 2 rings (SSSR count). The van der Waals surface area contributed by atoms with Gasteiger partial charge >= 0.3 is 0 Å². The molecule has 0 saturated heterocycles. The SMILES string of the molecule is O=C(/C=C/NNC(=O)c1ccc(Cl)c(Cl)c1)c1ccccc1. The maximum Gasteiger partial charge on any atom is 0.269 e. The van der Waals surface area contributed by atoms with Crippen LogP contribution in [0.5, 0.6) is 0 Å². The molecule has 0 spiro atoms. The van der Waals surface area contributed by atoms with Crippen molar-refractivity contribution >= 4 is 34.9 Å². The van der Waals surface area contributed by atoms with Crippen LogP contribution >= 0.6 is 23.2 Å². The molecule has 2 aromatic carbocycles. The van der Waals surface area contributed by atoms with Crippen LogP contribution in [0.15, 0.2) is 60.8 Å². The minimum Gasteiger partial charge on any atom is -0.305 e. The summed E-state index contributed by atoms with van der Waals surface area (Å²) in [5.41, 5.74) is 5.88. The van der Waals surface area contributed by atoms with E-state index in [-0.39, 0.29) is 5.78 Å². The third-order valence-electron chi connectivity index (χ3n) is 2.74. The number of hydrogen-bond donors (Lipinski definition) is 2. The maximum atomic E-state index is 11.8. The lowest BCUT2D eigenvalue weighted by Crippen LogP contribution is -2.33. The van der Waals surface area contributed by atoms with E-state index in [0.29, 0.717) is 21.2 Å². The summed E-state index contributed by atoms with van der Waals surface area (Å²) in [7, 11) is 0. The number of ketones is 1. The van der Waals surface area contributed by atoms with Gasteiger partial charge in [0, 0.05) is 23.4 Å². The fraction of sp³-hybridized carbons (Fsp3) is 0. The topological polar surface area (TPSA) is 58.2 Å². The summed E-state index contributed by atoms with van der Waals surface area (Å²) >= 11 is 11.6. The van der Waals surface area contributed by atoms with Gasteiger partial charge in [0.1, 0.15) is 0 Å². The Kier molecular flexibility index (Phi) is 5.58. The molecule has 112 valence electrons. The van der Waals surface area contributed by atoms with E-state index in [0.717, 1.165) is 0 Å². The van der Waals surface area contributed by atoms with Crippen molar-refractivity contribution in [2.75, 3.05) is 0 Å². The van der Waals surface area contributed by atoms with Crippen LogP contribution in [0.4, 0.5) is 0 Å². The first kappa shape index (κ1) is 16.1. The summed E-state index contributed by atoms with van der Waals surface area (Å²) in [5.74, 6) is -0.563. The van der Waals surface area contributed by atoms with Gasteiger partial charge in [-0.25, -0.2) is 0 Å². The van der Waals surface area contributed by atoms with Crippen molar-refractivity contribution in [1.29, 1.82) is 0 Å². The Balaban J connectivity index is 1.88. The number of benzene rings is 2. The lowest BCUT2D eigenvalue weighted by Gasteiger charge is -2.05. The third kappa shape index (κ3) is 4.35.